The summed E-state index contributed by atoms with van der Waals surface area (Å²) in [5, 5.41) is 9.00. The molecule has 0 unspecified atom stereocenters. The molecule has 3 aromatic rings. The van der Waals surface area contributed by atoms with E-state index in [-0.39, 0.29) is 0 Å². The summed E-state index contributed by atoms with van der Waals surface area (Å²) in [4.78, 5) is 4.66. The lowest BCUT2D eigenvalue weighted by atomic mass is 10.1. The van der Waals surface area contributed by atoms with Gasteiger partial charge in [0.25, 0.3) is 0 Å². The number of ether oxygens (including phenoxy) is 1. The Bertz CT molecular complexity index is 843. The molecule has 0 spiro atoms. The van der Waals surface area contributed by atoms with Crippen molar-refractivity contribution in [3.8, 4) is 11.8 Å². The Kier molecular flexibility index (Phi) is 3.33. The Morgan fingerprint density at radius 3 is 2.81 bits per heavy atom. The third kappa shape index (κ3) is 2.34. The monoisotopic (exact) mass is 277 g/mol. The van der Waals surface area contributed by atoms with Gasteiger partial charge in [-0.05, 0) is 24.3 Å². The first kappa shape index (κ1) is 13.2. The van der Waals surface area contributed by atoms with Crippen molar-refractivity contribution in [1.29, 1.82) is 5.26 Å². The number of rotatable bonds is 3. The zero-order valence-electron chi connectivity index (χ0n) is 12.0. The van der Waals surface area contributed by atoms with Gasteiger partial charge >= 0.3 is 0 Å². The van der Waals surface area contributed by atoms with Crippen molar-refractivity contribution in [2.75, 3.05) is 7.11 Å². The maximum absolute atomic E-state index is 9.00. The van der Waals surface area contributed by atoms with E-state index < -0.39 is 0 Å². The Balaban J connectivity index is 2.05. The fourth-order valence-corrected chi connectivity index (χ4v) is 2.49. The molecule has 4 heteroatoms. The second-order valence-corrected chi connectivity index (χ2v) is 4.89. The SMILES string of the molecule is COc1ccccc1Cc1nc2ccc(C#N)cc2n1C. The van der Waals surface area contributed by atoms with Crippen molar-refractivity contribution < 1.29 is 4.74 Å². The molecular weight excluding hydrogens is 262 g/mol. The van der Waals surface area contributed by atoms with Gasteiger partial charge in [0.2, 0.25) is 0 Å². The predicted octanol–water partition coefficient (Wildman–Crippen LogP) is 3.04. The van der Waals surface area contributed by atoms with Crippen LogP contribution in [0.1, 0.15) is 17.0 Å². The number of nitrogens with zero attached hydrogens (tertiary/aromatic N) is 3. The number of fused-ring (bicyclic) bond motifs is 1. The standard InChI is InChI=1S/C17H15N3O/c1-20-15-9-12(11-18)7-8-14(15)19-17(20)10-13-5-3-4-6-16(13)21-2/h3-9H,10H2,1-2H3. The topological polar surface area (TPSA) is 50.8 Å². The summed E-state index contributed by atoms with van der Waals surface area (Å²) in [6.45, 7) is 0. The average molecular weight is 277 g/mol. The minimum absolute atomic E-state index is 0.648. The van der Waals surface area contributed by atoms with E-state index in [1.807, 2.05) is 48.0 Å². The largest absolute Gasteiger partial charge is 0.496 e. The van der Waals surface area contributed by atoms with Crippen LogP contribution >= 0.6 is 0 Å². The highest BCUT2D eigenvalue weighted by atomic mass is 16.5. The first-order valence-corrected chi connectivity index (χ1v) is 6.70. The number of para-hydroxylation sites is 1. The molecule has 0 aliphatic heterocycles. The van der Waals surface area contributed by atoms with Gasteiger partial charge in [0.1, 0.15) is 11.6 Å². The van der Waals surface area contributed by atoms with Gasteiger partial charge in [-0.3, -0.25) is 0 Å². The highest BCUT2D eigenvalue weighted by Gasteiger charge is 2.11. The van der Waals surface area contributed by atoms with Gasteiger partial charge < -0.3 is 9.30 Å². The molecule has 0 atom stereocenters. The summed E-state index contributed by atoms with van der Waals surface area (Å²) in [6, 6.07) is 15.7. The van der Waals surface area contributed by atoms with Crippen molar-refractivity contribution in [2.45, 2.75) is 6.42 Å². The Morgan fingerprint density at radius 2 is 2.05 bits per heavy atom. The van der Waals surface area contributed by atoms with Crippen molar-refractivity contribution in [3.05, 3.63) is 59.4 Å². The zero-order valence-corrected chi connectivity index (χ0v) is 12.0. The second-order valence-electron chi connectivity index (χ2n) is 4.89. The van der Waals surface area contributed by atoms with Crippen molar-refractivity contribution >= 4 is 11.0 Å². The third-order valence-corrected chi connectivity index (χ3v) is 3.64. The van der Waals surface area contributed by atoms with Crippen molar-refractivity contribution in [2.24, 2.45) is 7.05 Å². The summed E-state index contributed by atoms with van der Waals surface area (Å²) < 4.78 is 7.42. The quantitative estimate of drug-likeness (QED) is 0.739. The molecule has 104 valence electrons. The lowest BCUT2D eigenvalue weighted by Gasteiger charge is -2.08. The van der Waals surface area contributed by atoms with Crippen LogP contribution in [-0.2, 0) is 13.5 Å². The molecule has 0 bridgehead atoms. The normalized spacial score (nSPS) is 10.5. The summed E-state index contributed by atoms with van der Waals surface area (Å²) in [6.07, 6.45) is 0.692. The third-order valence-electron chi connectivity index (χ3n) is 3.64. The molecule has 0 saturated carbocycles. The first-order chi connectivity index (χ1) is 10.2. The zero-order chi connectivity index (χ0) is 14.8. The number of hydrogen-bond acceptors (Lipinski definition) is 3. The predicted molar refractivity (Wildman–Crippen MR) is 81.2 cm³/mol. The van der Waals surface area contributed by atoms with Crippen molar-refractivity contribution in [1.82, 2.24) is 9.55 Å². The highest BCUT2D eigenvalue weighted by molar-refractivity contribution is 5.77. The maximum atomic E-state index is 9.00. The molecule has 2 aromatic carbocycles. The lowest BCUT2D eigenvalue weighted by molar-refractivity contribution is 0.410. The van der Waals surface area contributed by atoms with Gasteiger partial charge in [0.05, 0.1) is 29.8 Å². The molecule has 0 aliphatic rings. The van der Waals surface area contributed by atoms with E-state index in [1.54, 1.807) is 13.2 Å². The van der Waals surface area contributed by atoms with Crippen LogP contribution in [-0.4, -0.2) is 16.7 Å². The van der Waals surface area contributed by atoms with E-state index >= 15 is 0 Å². The number of hydrogen-bond donors (Lipinski definition) is 0. The molecule has 0 fully saturated rings. The van der Waals surface area contributed by atoms with E-state index in [4.69, 9.17) is 10.00 Å². The van der Waals surface area contributed by atoms with E-state index in [2.05, 4.69) is 11.1 Å². The van der Waals surface area contributed by atoms with Crippen LogP contribution in [0.2, 0.25) is 0 Å². The Morgan fingerprint density at radius 1 is 1.24 bits per heavy atom. The minimum atomic E-state index is 0.648. The fourth-order valence-electron chi connectivity index (χ4n) is 2.49. The Labute approximate surface area is 123 Å². The van der Waals surface area contributed by atoms with Crippen LogP contribution in [0.5, 0.6) is 5.75 Å². The number of benzene rings is 2. The van der Waals surface area contributed by atoms with E-state index in [9.17, 15) is 0 Å². The summed E-state index contributed by atoms with van der Waals surface area (Å²) in [5.74, 6) is 1.81. The summed E-state index contributed by atoms with van der Waals surface area (Å²) in [7, 11) is 3.65. The van der Waals surface area contributed by atoms with E-state index in [0.29, 0.717) is 12.0 Å². The molecule has 3 rings (SSSR count). The van der Waals surface area contributed by atoms with Crippen LogP contribution in [0.15, 0.2) is 42.5 Å². The molecule has 0 saturated heterocycles. The van der Waals surface area contributed by atoms with E-state index in [1.165, 1.54) is 0 Å². The van der Waals surface area contributed by atoms with Gasteiger partial charge in [-0.1, -0.05) is 18.2 Å². The average Bonchev–Trinajstić information content (AvgIpc) is 2.83. The number of imidazole rings is 1. The van der Waals surface area contributed by atoms with Gasteiger partial charge in [-0.2, -0.15) is 5.26 Å². The molecule has 0 radical (unpaired) electrons. The first-order valence-electron chi connectivity index (χ1n) is 6.70. The molecule has 0 aliphatic carbocycles. The van der Waals surface area contributed by atoms with Gasteiger partial charge in [-0.25, -0.2) is 4.98 Å². The number of methoxy groups -OCH3 is 1. The van der Waals surface area contributed by atoms with Gasteiger partial charge in [-0.15, -0.1) is 0 Å². The van der Waals surface area contributed by atoms with Crippen molar-refractivity contribution in [3.63, 3.8) is 0 Å². The maximum Gasteiger partial charge on any atom is 0.122 e. The molecule has 0 N–H and O–H groups in total. The van der Waals surface area contributed by atoms with Crippen LogP contribution in [0, 0.1) is 11.3 Å². The fraction of sp³-hybridized carbons (Fsp3) is 0.176. The van der Waals surface area contributed by atoms with Crippen LogP contribution in [0.25, 0.3) is 11.0 Å². The van der Waals surface area contributed by atoms with E-state index in [0.717, 1.165) is 28.2 Å². The molecule has 4 nitrogen and oxygen atoms in total. The molecule has 0 amide bonds. The molecular formula is C17H15N3O. The Hall–Kier alpha value is -2.80. The van der Waals surface area contributed by atoms with Gasteiger partial charge in [0, 0.05) is 19.0 Å². The highest BCUT2D eigenvalue weighted by Crippen LogP contribution is 2.23. The lowest BCUT2D eigenvalue weighted by Crippen LogP contribution is -2.00. The van der Waals surface area contributed by atoms with Crippen LogP contribution < -0.4 is 4.74 Å². The molecule has 1 aromatic heterocycles. The number of aryl methyl sites for hydroxylation is 1. The number of nitriles is 1. The number of aromatic nitrogens is 2. The second kappa shape index (κ2) is 5.29. The summed E-state index contributed by atoms with van der Waals surface area (Å²) >= 11 is 0. The molecule has 1 heterocycles. The minimum Gasteiger partial charge on any atom is -0.496 e. The van der Waals surface area contributed by atoms with Crippen LogP contribution in [0.4, 0.5) is 0 Å². The smallest absolute Gasteiger partial charge is 0.122 e. The molecule has 21 heavy (non-hydrogen) atoms. The summed E-state index contributed by atoms with van der Waals surface area (Å²) in [5.41, 5.74) is 3.62. The van der Waals surface area contributed by atoms with Gasteiger partial charge in [0.15, 0.2) is 0 Å². The van der Waals surface area contributed by atoms with Crippen LogP contribution in [0.3, 0.4) is 0 Å².